The second-order valence-corrected chi connectivity index (χ2v) is 17.2. The maximum atomic E-state index is 2.51. The lowest BCUT2D eigenvalue weighted by Crippen LogP contribution is -2.44. The third-order valence-corrected chi connectivity index (χ3v) is 15.9. The highest BCUT2D eigenvalue weighted by Crippen LogP contribution is 2.45. The topological polar surface area (TPSA) is 0 Å². The highest BCUT2D eigenvalue weighted by atomic mass is 32.2. The van der Waals surface area contributed by atoms with Gasteiger partial charge in [0.2, 0.25) is 0 Å². The minimum atomic E-state index is -1.13. The smallest absolute Gasteiger partial charge is 0.0612 e. The van der Waals surface area contributed by atoms with Crippen LogP contribution in [0.25, 0.3) is 0 Å². The van der Waals surface area contributed by atoms with Crippen LogP contribution in [0.15, 0.2) is 0 Å². The zero-order valence-corrected chi connectivity index (χ0v) is 22.1. The zero-order valence-electron chi connectivity index (χ0n) is 20.2. The zero-order chi connectivity index (χ0) is 20.5. The van der Waals surface area contributed by atoms with Gasteiger partial charge in [-0.2, -0.15) is 11.8 Å². The van der Waals surface area contributed by atoms with Crippen molar-refractivity contribution in [3.8, 4) is 0 Å². The molecule has 0 heterocycles. The van der Waals surface area contributed by atoms with Gasteiger partial charge in [-0.25, -0.2) is 0 Å². The van der Waals surface area contributed by atoms with Gasteiger partial charge in [-0.3, -0.25) is 0 Å². The predicted molar refractivity (Wildman–Crippen MR) is 134 cm³/mol. The van der Waals surface area contributed by atoms with Gasteiger partial charge in [0.25, 0.3) is 0 Å². The second-order valence-electron chi connectivity index (χ2n) is 9.83. The lowest BCUT2D eigenvalue weighted by molar-refractivity contribution is 0.553. The van der Waals surface area contributed by atoms with Crippen molar-refractivity contribution in [1.82, 2.24) is 0 Å². The number of thioether (sulfide) groups is 1. The molecule has 0 spiro atoms. The molecule has 0 aromatic rings. The Hall–Kier alpha value is 0.567. The van der Waals surface area contributed by atoms with Gasteiger partial charge in [0.05, 0.1) is 8.07 Å². The number of unbranched alkanes of at least 4 members (excludes halogenated alkanes) is 10. The molecule has 27 heavy (non-hydrogen) atoms. The first-order chi connectivity index (χ1) is 12.9. The van der Waals surface area contributed by atoms with Gasteiger partial charge in [-0.15, -0.1) is 0 Å². The minimum Gasteiger partial charge on any atom is -0.162 e. The van der Waals surface area contributed by atoms with Gasteiger partial charge in [0, 0.05) is 0 Å². The van der Waals surface area contributed by atoms with Crippen molar-refractivity contribution in [2.45, 2.75) is 148 Å². The van der Waals surface area contributed by atoms with E-state index in [1.807, 2.05) is 0 Å². The largest absolute Gasteiger partial charge is 0.162 e. The molecule has 164 valence electrons. The quantitative estimate of drug-likeness (QED) is 0.149. The van der Waals surface area contributed by atoms with Gasteiger partial charge in [-0.1, -0.05) is 135 Å². The Morgan fingerprint density at radius 2 is 0.889 bits per heavy atom. The number of hydrogen-bond donors (Lipinski definition) is 0. The van der Waals surface area contributed by atoms with E-state index in [0.717, 1.165) is 16.6 Å². The van der Waals surface area contributed by atoms with E-state index in [0.29, 0.717) is 0 Å². The SMILES string of the molecule is CCCSCCCCCCCCCCCCC[Si](C(C)C)(C(C)C)C(C)C. The summed E-state index contributed by atoms with van der Waals surface area (Å²) in [6, 6.07) is 1.57. The first-order valence-electron chi connectivity index (χ1n) is 12.5. The molecule has 0 aliphatic carbocycles. The number of hydrogen-bond acceptors (Lipinski definition) is 1. The first kappa shape index (κ1) is 27.6. The molecule has 0 aromatic heterocycles. The molecular weight excluding hydrogens is 360 g/mol. The van der Waals surface area contributed by atoms with Crippen molar-refractivity contribution >= 4 is 19.8 Å². The van der Waals surface area contributed by atoms with Crippen molar-refractivity contribution < 1.29 is 0 Å². The monoisotopic (exact) mass is 414 g/mol. The Kier molecular flexibility index (Phi) is 17.8. The summed E-state index contributed by atoms with van der Waals surface area (Å²) in [5, 5.41) is 0. The molecule has 0 atom stereocenters. The lowest BCUT2D eigenvalue weighted by atomic mass is 10.1. The molecule has 2 heteroatoms. The van der Waals surface area contributed by atoms with Crippen LogP contribution >= 0.6 is 11.8 Å². The molecule has 0 aliphatic rings. The summed E-state index contributed by atoms with van der Waals surface area (Å²) in [5.74, 6) is 2.75. The molecule has 0 fully saturated rings. The number of rotatable bonds is 19. The van der Waals surface area contributed by atoms with Crippen molar-refractivity contribution in [3.63, 3.8) is 0 Å². The highest BCUT2D eigenvalue weighted by Gasteiger charge is 2.41. The minimum absolute atomic E-state index is 0.933. The molecule has 0 N–H and O–H groups in total. The van der Waals surface area contributed by atoms with Gasteiger partial charge < -0.3 is 0 Å². The summed E-state index contributed by atoms with van der Waals surface area (Å²) in [4.78, 5) is 0. The Bertz CT molecular complexity index is 290. The summed E-state index contributed by atoms with van der Waals surface area (Å²) in [5.41, 5.74) is 2.80. The van der Waals surface area contributed by atoms with E-state index < -0.39 is 8.07 Å². The van der Waals surface area contributed by atoms with E-state index in [-0.39, 0.29) is 0 Å². The Labute approximate surface area is 179 Å². The molecule has 0 aromatic carbocycles. The first-order valence-corrected chi connectivity index (χ1v) is 16.1. The van der Waals surface area contributed by atoms with Crippen LogP contribution in [-0.4, -0.2) is 19.6 Å². The van der Waals surface area contributed by atoms with Crippen LogP contribution in [0.1, 0.15) is 126 Å². The molecule has 0 amide bonds. The normalized spacial score (nSPS) is 12.7. The summed E-state index contributed by atoms with van der Waals surface area (Å²) >= 11 is 2.14. The molecule has 0 saturated carbocycles. The Balaban J connectivity index is 3.59. The molecule has 0 unspecified atom stereocenters. The van der Waals surface area contributed by atoms with E-state index in [2.05, 4.69) is 60.2 Å². The third kappa shape index (κ3) is 12.0. The third-order valence-electron chi connectivity index (χ3n) is 6.97. The summed E-state index contributed by atoms with van der Waals surface area (Å²) in [7, 11) is -1.13. The molecule has 0 saturated heterocycles. The van der Waals surface area contributed by atoms with Crippen LogP contribution in [0.3, 0.4) is 0 Å². The molecule has 0 radical (unpaired) electrons. The van der Waals surface area contributed by atoms with Crippen LogP contribution in [0.2, 0.25) is 22.7 Å². The van der Waals surface area contributed by atoms with Crippen LogP contribution in [0.4, 0.5) is 0 Å². The van der Waals surface area contributed by atoms with E-state index in [1.165, 1.54) is 88.6 Å². The van der Waals surface area contributed by atoms with E-state index in [1.54, 1.807) is 6.04 Å². The van der Waals surface area contributed by atoms with Crippen molar-refractivity contribution in [2.24, 2.45) is 0 Å². The van der Waals surface area contributed by atoms with E-state index in [4.69, 9.17) is 0 Å². The summed E-state index contributed by atoms with van der Waals surface area (Å²) in [6.45, 7) is 17.3. The molecule has 0 rings (SSSR count). The summed E-state index contributed by atoms with van der Waals surface area (Å²) in [6.07, 6.45) is 17.6. The fourth-order valence-corrected chi connectivity index (χ4v) is 12.8. The van der Waals surface area contributed by atoms with Crippen LogP contribution < -0.4 is 0 Å². The Morgan fingerprint density at radius 3 is 1.26 bits per heavy atom. The molecule has 0 aliphatic heterocycles. The molecular formula is C25H54SSi. The van der Waals surface area contributed by atoms with Crippen molar-refractivity contribution in [2.75, 3.05) is 11.5 Å². The van der Waals surface area contributed by atoms with Gasteiger partial charge in [0.15, 0.2) is 0 Å². The fraction of sp³-hybridized carbons (Fsp3) is 1.00. The standard InChI is InChI=1S/C25H54SSi/c1-8-20-26-21-18-16-14-12-10-9-11-13-15-17-19-22-27(23(2)3,24(4)5)25(6)7/h23-25H,8-22H2,1-7H3. The van der Waals surface area contributed by atoms with Crippen LogP contribution in [-0.2, 0) is 0 Å². The van der Waals surface area contributed by atoms with Crippen LogP contribution in [0.5, 0.6) is 0 Å². The highest BCUT2D eigenvalue weighted by molar-refractivity contribution is 7.99. The lowest BCUT2D eigenvalue weighted by Gasteiger charge is -2.43. The maximum absolute atomic E-state index is 2.51. The van der Waals surface area contributed by atoms with E-state index >= 15 is 0 Å². The van der Waals surface area contributed by atoms with Gasteiger partial charge >= 0.3 is 0 Å². The van der Waals surface area contributed by atoms with Crippen molar-refractivity contribution in [1.29, 1.82) is 0 Å². The Morgan fingerprint density at radius 1 is 0.519 bits per heavy atom. The van der Waals surface area contributed by atoms with Crippen LogP contribution in [0, 0.1) is 0 Å². The predicted octanol–water partition coefficient (Wildman–Crippen LogP) is 10.1. The average molecular weight is 415 g/mol. The van der Waals surface area contributed by atoms with Crippen molar-refractivity contribution in [3.05, 3.63) is 0 Å². The van der Waals surface area contributed by atoms with Gasteiger partial charge in [-0.05, 0) is 24.3 Å². The molecule has 0 nitrogen and oxygen atoms in total. The summed E-state index contributed by atoms with van der Waals surface area (Å²) < 4.78 is 0. The fourth-order valence-electron chi connectivity index (χ4n) is 5.34. The maximum Gasteiger partial charge on any atom is 0.0612 e. The molecule has 0 bridgehead atoms. The van der Waals surface area contributed by atoms with Gasteiger partial charge in [0.1, 0.15) is 0 Å². The average Bonchev–Trinajstić information content (AvgIpc) is 2.60. The second kappa shape index (κ2) is 17.4. The van der Waals surface area contributed by atoms with E-state index in [9.17, 15) is 0 Å².